The highest BCUT2D eigenvalue weighted by Crippen LogP contribution is 2.30. The Balaban J connectivity index is 2.97. The summed E-state index contributed by atoms with van der Waals surface area (Å²) in [5.74, 6) is -0.0915. The predicted molar refractivity (Wildman–Crippen MR) is 53.9 cm³/mol. The van der Waals surface area contributed by atoms with E-state index in [1.165, 1.54) is 6.07 Å². The van der Waals surface area contributed by atoms with Crippen molar-refractivity contribution in [2.45, 2.75) is 6.92 Å². The largest absolute Gasteiger partial charge is 0.506 e. The van der Waals surface area contributed by atoms with Crippen molar-refractivity contribution in [3.8, 4) is 5.75 Å². The highest BCUT2D eigenvalue weighted by Gasteiger charge is 2.08. The number of phenolic OH excluding ortho intramolecular Hbond substituents is 1. The molecule has 0 unspecified atom stereocenters. The van der Waals surface area contributed by atoms with Crippen molar-refractivity contribution in [3.05, 3.63) is 39.2 Å². The quantitative estimate of drug-likeness (QED) is 0.680. The van der Waals surface area contributed by atoms with Crippen LogP contribution in [0.3, 0.4) is 0 Å². The van der Waals surface area contributed by atoms with Gasteiger partial charge < -0.3 is 9.52 Å². The minimum absolute atomic E-state index is 0.0691. The molecule has 0 spiro atoms. The molecule has 2 aromatic rings. The Labute approximate surface area is 84.5 Å². The average molecular weight is 211 g/mol. The standard InChI is InChI=1S/C10H7ClO3/c1-5-4-6-2-3-7(12)8(11)9(6)14-10(5)13/h2-4,12H,1H3. The van der Waals surface area contributed by atoms with Crippen LogP contribution >= 0.6 is 11.6 Å². The molecule has 1 aromatic heterocycles. The zero-order valence-electron chi connectivity index (χ0n) is 7.37. The van der Waals surface area contributed by atoms with Gasteiger partial charge in [0.05, 0.1) is 0 Å². The van der Waals surface area contributed by atoms with Crippen LogP contribution in [0.5, 0.6) is 5.75 Å². The maximum Gasteiger partial charge on any atom is 0.339 e. The summed E-state index contributed by atoms with van der Waals surface area (Å²) in [6.45, 7) is 1.66. The topological polar surface area (TPSA) is 50.4 Å². The van der Waals surface area contributed by atoms with E-state index in [0.29, 0.717) is 10.9 Å². The summed E-state index contributed by atoms with van der Waals surface area (Å²) in [5.41, 5.74) is 0.298. The van der Waals surface area contributed by atoms with Crippen LogP contribution in [0.15, 0.2) is 27.4 Å². The minimum atomic E-state index is -0.440. The molecule has 72 valence electrons. The Kier molecular flexibility index (Phi) is 1.97. The number of hydrogen-bond donors (Lipinski definition) is 1. The fourth-order valence-electron chi connectivity index (χ4n) is 1.24. The van der Waals surface area contributed by atoms with Gasteiger partial charge in [-0.05, 0) is 25.1 Å². The van der Waals surface area contributed by atoms with Gasteiger partial charge in [-0.3, -0.25) is 0 Å². The Hall–Kier alpha value is -1.48. The number of hydrogen-bond acceptors (Lipinski definition) is 3. The molecule has 0 saturated heterocycles. The van der Waals surface area contributed by atoms with E-state index in [2.05, 4.69) is 0 Å². The lowest BCUT2D eigenvalue weighted by molar-refractivity contribution is 0.473. The molecule has 0 saturated carbocycles. The Morgan fingerprint density at radius 3 is 2.86 bits per heavy atom. The Bertz CT molecular complexity index is 557. The number of halogens is 1. The zero-order valence-corrected chi connectivity index (χ0v) is 8.13. The summed E-state index contributed by atoms with van der Waals surface area (Å²) in [5, 5.41) is 10.1. The van der Waals surface area contributed by atoms with E-state index in [4.69, 9.17) is 16.0 Å². The fraction of sp³-hybridized carbons (Fsp3) is 0.100. The summed E-state index contributed by atoms with van der Waals surface area (Å²) in [6, 6.07) is 4.78. The third-order valence-corrected chi connectivity index (χ3v) is 2.36. The number of aryl methyl sites for hydroxylation is 1. The molecule has 0 aliphatic heterocycles. The van der Waals surface area contributed by atoms with Crippen LogP contribution in [0, 0.1) is 6.92 Å². The molecule has 1 N–H and O–H groups in total. The summed E-state index contributed by atoms with van der Waals surface area (Å²) < 4.78 is 4.96. The molecule has 2 rings (SSSR count). The lowest BCUT2D eigenvalue weighted by Crippen LogP contribution is -2.01. The van der Waals surface area contributed by atoms with E-state index in [9.17, 15) is 9.90 Å². The molecule has 0 amide bonds. The van der Waals surface area contributed by atoms with Crippen LogP contribution in [0.25, 0.3) is 11.0 Å². The molecular formula is C10H7ClO3. The van der Waals surface area contributed by atoms with Crippen molar-refractivity contribution < 1.29 is 9.52 Å². The highest BCUT2D eigenvalue weighted by molar-refractivity contribution is 6.36. The van der Waals surface area contributed by atoms with Crippen molar-refractivity contribution in [1.82, 2.24) is 0 Å². The Morgan fingerprint density at radius 2 is 2.14 bits per heavy atom. The molecule has 14 heavy (non-hydrogen) atoms. The summed E-state index contributed by atoms with van der Waals surface area (Å²) in [6.07, 6.45) is 0. The van der Waals surface area contributed by atoms with Crippen molar-refractivity contribution in [2.24, 2.45) is 0 Å². The summed E-state index contributed by atoms with van der Waals surface area (Å²) in [7, 11) is 0. The Morgan fingerprint density at radius 1 is 1.43 bits per heavy atom. The molecule has 0 aliphatic rings. The summed E-state index contributed by atoms with van der Waals surface area (Å²) >= 11 is 5.77. The van der Waals surface area contributed by atoms with E-state index in [1.54, 1.807) is 19.1 Å². The van der Waals surface area contributed by atoms with E-state index in [1.807, 2.05) is 0 Å². The molecule has 0 fully saturated rings. The van der Waals surface area contributed by atoms with Gasteiger partial charge in [-0.1, -0.05) is 11.6 Å². The average Bonchev–Trinajstić information content (AvgIpc) is 2.15. The third kappa shape index (κ3) is 1.26. The van der Waals surface area contributed by atoms with E-state index >= 15 is 0 Å². The lowest BCUT2D eigenvalue weighted by atomic mass is 10.2. The molecular weight excluding hydrogens is 204 g/mol. The minimum Gasteiger partial charge on any atom is -0.506 e. The van der Waals surface area contributed by atoms with Gasteiger partial charge in [0.15, 0.2) is 5.58 Å². The van der Waals surface area contributed by atoms with Gasteiger partial charge in [0, 0.05) is 10.9 Å². The monoisotopic (exact) mass is 210 g/mol. The molecule has 3 nitrogen and oxygen atoms in total. The molecule has 1 aromatic carbocycles. The third-order valence-electron chi connectivity index (χ3n) is 2.00. The van der Waals surface area contributed by atoms with Crippen molar-refractivity contribution in [2.75, 3.05) is 0 Å². The number of aromatic hydroxyl groups is 1. The number of fused-ring (bicyclic) bond motifs is 1. The second-order valence-electron chi connectivity index (χ2n) is 3.03. The van der Waals surface area contributed by atoms with Crippen LogP contribution in [0.2, 0.25) is 5.02 Å². The van der Waals surface area contributed by atoms with Crippen molar-refractivity contribution >= 4 is 22.6 Å². The van der Waals surface area contributed by atoms with E-state index < -0.39 is 5.63 Å². The maximum absolute atomic E-state index is 11.2. The van der Waals surface area contributed by atoms with Gasteiger partial charge in [0.25, 0.3) is 0 Å². The molecule has 4 heteroatoms. The van der Waals surface area contributed by atoms with Gasteiger partial charge in [-0.25, -0.2) is 4.79 Å². The molecule has 0 atom stereocenters. The van der Waals surface area contributed by atoms with E-state index in [0.717, 1.165) is 0 Å². The highest BCUT2D eigenvalue weighted by atomic mass is 35.5. The number of benzene rings is 1. The van der Waals surface area contributed by atoms with Crippen molar-refractivity contribution in [1.29, 1.82) is 0 Å². The SMILES string of the molecule is Cc1cc2ccc(O)c(Cl)c2oc1=O. The van der Waals surface area contributed by atoms with Crippen LogP contribution < -0.4 is 5.63 Å². The normalized spacial score (nSPS) is 10.7. The molecule has 1 heterocycles. The fourth-order valence-corrected chi connectivity index (χ4v) is 1.45. The van der Waals surface area contributed by atoms with Gasteiger partial charge in [-0.2, -0.15) is 0 Å². The molecule has 0 aliphatic carbocycles. The first-order valence-electron chi connectivity index (χ1n) is 4.01. The molecule has 0 bridgehead atoms. The second-order valence-corrected chi connectivity index (χ2v) is 3.41. The first kappa shape index (κ1) is 9.09. The van der Waals surface area contributed by atoms with Gasteiger partial charge in [-0.15, -0.1) is 0 Å². The lowest BCUT2D eigenvalue weighted by Gasteiger charge is -2.01. The van der Waals surface area contributed by atoms with Crippen molar-refractivity contribution in [3.63, 3.8) is 0 Å². The number of rotatable bonds is 0. The zero-order chi connectivity index (χ0) is 10.3. The number of phenols is 1. The second kappa shape index (κ2) is 3.03. The predicted octanol–water partition coefficient (Wildman–Crippen LogP) is 2.46. The first-order valence-corrected chi connectivity index (χ1v) is 4.39. The molecule has 0 radical (unpaired) electrons. The maximum atomic E-state index is 11.2. The van der Waals surface area contributed by atoms with Crippen LogP contribution in [0.1, 0.15) is 5.56 Å². The summed E-state index contributed by atoms with van der Waals surface area (Å²) in [4.78, 5) is 11.2. The van der Waals surface area contributed by atoms with E-state index in [-0.39, 0.29) is 16.4 Å². The van der Waals surface area contributed by atoms with Crippen LogP contribution in [-0.4, -0.2) is 5.11 Å². The first-order chi connectivity index (χ1) is 6.59. The van der Waals surface area contributed by atoms with Gasteiger partial charge in [0.2, 0.25) is 0 Å². The van der Waals surface area contributed by atoms with Gasteiger partial charge in [0.1, 0.15) is 10.8 Å². The van der Waals surface area contributed by atoms with Crippen LogP contribution in [0.4, 0.5) is 0 Å². The van der Waals surface area contributed by atoms with Crippen LogP contribution in [-0.2, 0) is 0 Å². The van der Waals surface area contributed by atoms with Gasteiger partial charge >= 0.3 is 5.63 Å². The smallest absolute Gasteiger partial charge is 0.339 e.